The molecule has 0 bridgehead atoms. The van der Waals surface area contributed by atoms with Crippen LogP contribution in [0.15, 0.2) is 48.5 Å². The average Bonchev–Trinajstić information content (AvgIpc) is 2.69. The number of nitrogen functional groups attached to an aromatic ring is 1. The lowest BCUT2D eigenvalue weighted by atomic mass is 10.00. The van der Waals surface area contributed by atoms with Gasteiger partial charge in [0.05, 0.1) is 11.3 Å². The Balaban J connectivity index is 1.70. The Bertz CT molecular complexity index is 803. The highest BCUT2D eigenvalue weighted by molar-refractivity contribution is 6.03. The molecule has 6 heteroatoms. The summed E-state index contributed by atoms with van der Waals surface area (Å²) in [6.07, 6.45) is -0.187. The van der Waals surface area contributed by atoms with Crippen LogP contribution in [0, 0.1) is 0 Å². The van der Waals surface area contributed by atoms with Crippen LogP contribution in [0.4, 0.5) is 11.4 Å². The number of carbonyl (C=O) groups excluding carboxylic acids is 1. The largest absolute Gasteiger partial charge is 0.399 e. The maximum absolute atomic E-state index is 12.8. The van der Waals surface area contributed by atoms with Gasteiger partial charge in [0, 0.05) is 44.5 Å². The molecule has 1 saturated heterocycles. The number of hydrogen-bond donors (Lipinski definition) is 3. The first-order valence-corrected chi connectivity index (χ1v) is 9.60. The van der Waals surface area contributed by atoms with Crippen molar-refractivity contribution in [3.8, 4) is 0 Å². The molecule has 2 unspecified atom stereocenters. The van der Waals surface area contributed by atoms with Crippen LogP contribution < -0.4 is 21.3 Å². The van der Waals surface area contributed by atoms with Crippen LogP contribution in [0.3, 0.4) is 0 Å². The Morgan fingerprint density at radius 2 is 1.89 bits per heavy atom. The van der Waals surface area contributed by atoms with Gasteiger partial charge in [-0.1, -0.05) is 30.3 Å². The molecule has 2 aromatic rings. The fraction of sp³-hybridized carbons (Fsp3) is 0.381. The van der Waals surface area contributed by atoms with E-state index in [0.29, 0.717) is 11.3 Å². The van der Waals surface area contributed by atoms with Crippen molar-refractivity contribution in [1.82, 2.24) is 15.5 Å². The van der Waals surface area contributed by atoms with Crippen molar-refractivity contribution < 1.29 is 4.79 Å². The highest BCUT2D eigenvalue weighted by Crippen LogP contribution is 2.36. The second kappa shape index (κ2) is 7.58. The summed E-state index contributed by atoms with van der Waals surface area (Å²) in [5, 5.41) is 6.59. The quantitative estimate of drug-likeness (QED) is 0.721. The maximum Gasteiger partial charge on any atom is 0.255 e. The van der Waals surface area contributed by atoms with E-state index in [1.165, 1.54) is 0 Å². The van der Waals surface area contributed by atoms with Crippen LogP contribution in [-0.2, 0) is 0 Å². The van der Waals surface area contributed by atoms with E-state index >= 15 is 0 Å². The fourth-order valence-electron chi connectivity index (χ4n) is 4.10. The molecule has 0 radical (unpaired) electrons. The molecule has 2 aliphatic rings. The number of nitrogens with zero attached hydrogens (tertiary/aromatic N) is 2. The van der Waals surface area contributed by atoms with Gasteiger partial charge in [-0.25, -0.2) is 0 Å². The SMILES string of the molecule is CC(CN1CCNCC1)N1c2ccc(N)cc2C(=O)NC1c1ccccc1. The minimum absolute atomic E-state index is 0.0724. The van der Waals surface area contributed by atoms with Gasteiger partial charge in [0.25, 0.3) is 5.91 Å². The van der Waals surface area contributed by atoms with Crippen LogP contribution >= 0.6 is 0 Å². The summed E-state index contributed by atoms with van der Waals surface area (Å²) in [5.41, 5.74) is 9.24. The first kappa shape index (κ1) is 17.8. The van der Waals surface area contributed by atoms with Crippen LogP contribution in [0.2, 0.25) is 0 Å². The number of anilines is 2. The van der Waals surface area contributed by atoms with Gasteiger partial charge in [-0.2, -0.15) is 0 Å². The summed E-state index contributed by atoms with van der Waals surface area (Å²) in [4.78, 5) is 17.6. The van der Waals surface area contributed by atoms with Gasteiger partial charge < -0.3 is 21.3 Å². The van der Waals surface area contributed by atoms with Crippen molar-refractivity contribution in [2.45, 2.75) is 19.1 Å². The molecule has 2 aliphatic heterocycles. The fourth-order valence-corrected chi connectivity index (χ4v) is 4.10. The second-order valence-corrected chi connectivity index (χ2v) is 7.37. The molecule has 1 fully saturated rings. The molecule has 4 rings (SSSR count). The summed E-state index contributed by atoms with van der Waals surface area (Å²) >= 11 is 0. The maximum atomic E-state index is 12.8. The van der Waals surface area contributed by atoms with Crippen molar-refractivity contribution >= 4 is 17.3 Å². The Labute approximate surface area is 160 Å². The van der Waals surface area contributed by atoms with E-state index in [0.717, 1.165) is 44.0 Å². The van der Waals surface area contributed by atoms with E-state index in [1.54, 1.807) is 6.07 Å². The van der Waals surface area contributed by atoms with Crippen molar-refractivity contribution in [3.63, 3.8) is 0 Å². The highest BCUT2D eigenvalue weighted by atomic mass is 16.2. The number of nitrogens with two attached hydrogens (primary N) is 1. The Morgan fingerprint density at radius 3 is 2.63 bits per heavy atom. The number of nitrogens with one attached hydrogen (secondary N) is 2. The predicted octanol–water partition coefficient (Wildman–Crippen LogP) is 1.81. The third-order valence-electron chi connectivity index (χ3n) is 5.41. The van der Waals surface area contributed by atoms with E-state index in [2.05, 4.69) is 39.5 Å². The van der Waals surface area contributed by atoms with E-state index in [4.69, 9.17) is 5.73 Å². The molecule has 6 nitrogen and oxygen atoms in total. The minimum Gasteiger partial charge on any atom is -0.399 e. The number of piperazine rings is 1. The number of rotatable bonds is 4. The molecule has 0 aliphatic carbocycles. The van der Waals surface area contributed by atoms with Crippen LogP contribution in [0.5, 0.6) is 0 Å². The van der Waals surface area contributed by atoms with E-state index in [1.807, 2.05) is 30.3 Å². The van der Waals surface area contributed by atoms with Gasteiger partial charge in [0.2, 0.25) is 0 Å². The van der Waals surface area contributed by atoms with Gasteiger partial charge in [0.1, 0.15) is 6.17 Å². The topological polar surface area (TPSA) is 73.6 Å². The molecule has 2 heterocycles. The zero-order valence-electron chi connectivity index (χ0n) is 15.7. The van der Waals surface area contributed by atoms with Crippen molar-refractivity contribution in [3.05, 3.63) is 59.7 Å². The van der Waals surface area contributed by atoms with Crippen LogP contribution in [-0.4, -0.2) is 49.6 Å². The molecule has 4 N–H and O–H groups in total. The van der Waals surface area contributed by atoms with Gasteiger partial charge in [-0.3, -0.25) is 9.69 Å². The third-order valence-corrected chi connectivity index (χ3v) is 5.41. The Morgan fingerprint density at radius 1 is 1.15 bits per heavy atom. The summed E-state index contributed by atoms with van der Waals surface area (Å²) in [6.45, 7) is 7.34. The monoisotopic (exact) mass is 365 g/mol. The van der Waals surface area contributed by atoms with Crippen molar-refractivity contribution in [2.24, 2.45) is 0 Å². The molecule has 0 saturated carbocycles. The molecule has 2 atom stereocenters. The molecular formula is C21H27N5O. The number of carbonyl (C=O) groups is 1. The first-order valence-electron chi connectivity index (χ1n) is 9.60. The van der Waals surface area contributed by atoms with E-state index in [-0.39, 0.29) is 18.1 Å². The summed E-state index contributed by atoms with van der Waals surface area (Å²) in [5.74, 6) is -0.0724. The molecule has 27 heavy (non-hydrogen) atoms. The molecule has 2 aromatic carbocycles. The summed E-state index contributed by atoms with van der Waals surface area (Å²) < 4.78 is 0. The zero-order valence-corrected chi connectivity index (χ0v) is 15.7. The van der Waals surface area contributed by atoms with Crippen LogP contribution in [0.1, 0.15) is 29.0 Å². The first-order chi connectivity index (χ1) is 13.1. The smallest absolute Gasteiger partial charge is 0.255 e. The lowest BCUT2D eigenvalue weighted by molar-refractivity contribution is 0.0921. The lowest BCUT2D eigenvalue weighted by Gasteiger charge is -2.44. The van der Waals surface area contributed by atoms with Gasteiger partial charge >= 0.3 is 0 Å². The predicted molar refractivity (Wildman–Crippen MR) is 109 cm³/mol. The third kappa shape index (κ3) is 3.63. The number of fused-ring (bicyclic) bond motifs is 1. The Hall–Kier alpha value is -2.57. The van der Waals surface area contributed by atoms with Gasteiger partial charge in [-0.15, -0.1) is 0 Å². The normalized spacial score (nSPS) is 21.4. The van der Waals surface area contributed by atoms with Gasteiger partial charge in [-0.05, 0) is 30.7 Å². The summed E-state index contributed by atoms with van der Waals surface area (Å²) in [6, 6.07) is 16.0. The number of amides is 1. The van der Waals surface area contributed by atoms with E-state index in [9.17, 15) is 4.79 Å². The lowest BCUT2D eigenvalue weighted by Crippen LogP contribution is -2.55. The van der Waals surface area contributed by atoms with Crippen LogP contribution in [0.25, 0.3) is 0 Å². The van der Waals surface area contributed by atoms with Crippen molar-refractivity contribution in [1.29, 1.82) is 0 Å². The molecular weight excluding hydrogens is 338 g/mol. The molecule has 0 aromatic heterocycles. The molecule has 142 valence electrons. The second-order valence-electron chi connectivity index (χ2n) is 7.37. The number of hydrogen-bond acceptors (Lipinski definition) is 5. The standard InChI is InChI=1S/C21H27N5O/c1-15(14-25-11-9-23-10-12-25)26-19-8-7-17(22)13-18(19)21(27)24-20(26)16-5-3-2-4-6-16/h2-8,13,15,20,23H,9-12,14,22H2,1H3,(H,24,27). The average molecular weight is 365 g/mol. The van der Waals surface area contributed by atoms with Gasteiger partial charge in [0.15, 0.2) is 0 Å². The van der Waals surface area contributed by atoms with E-state index < -0.39 is 0 Å². The molecule has 0 spiro atoms. The Kier molecular flexibility index (Phi) is 5.01. The highest BCUT2D eigenvalue weighted by Gasteiger charge is 2.35. The van der Waals surface area contributed by atoms with Crippen molar-refractivity contribution in [2.75, 3.05) is 43.4 Å². The summed E-state index contributed by atoms with van der Waals surface area (Å²) in [7, 11) is 0. The zero-order chi connectivity index (χ0) is 18.8. The number of benzene rings is 2. The molecule has 1 amide bonds. The minimum atomic E-state index is -0.187.